The van der Waals surface area contributed by atoms with Crippen molar-refractivity contribution in [1.29, 1.82) is 0 Å². The molecule has 3 rings (SSSR count). The van der Waals surface area contributed by atoms with Gasteiger partial charge in [0.2, 0.25) is 11.9 Å². The van der Waals surface area contributed by atoms with Crippen molar-refractivity contribution >= 4 is 11.9 Å². The molecule has 0 unspecified atom stereocenters. The molecule has 21 heavy (non-hydrogen) atoms. The van der Waals surface area contributed by atoms with Crippen LogP contribution in [0.2, 0.25) is 0 Å². The summed E-state index contributed by atoms with van der Waals surface area (Å²) in [7, 11) is 0. The Morgan fingerprint density at radius 1 is 1.19 bits per heavy atom. The monoisotopic (exact) mass is 287 g/mol. The van der Waals surface area contributed by atoms with Crippen molar-refractivity contribution in [3.63, 3.8) is 0 Å². The molecule has 0 radical (unpaired) electrons. The molecule has 2 aromatic rings. The second-order valence-electron chi connectivity index (χ2n) is 5.82. The highest BCUT2D eigenvalue weighted by atomic mass is 15.4. The van der Waals surface area contributed by atoms with Gasteiger partial charge in [-0.1, -0.05) is 13.8 Å². The molecule has 0 atom stereocenters. The molecular weight excluding hydrogens is 266 g/mol. The Kier molecular flexibility index (Phi) is 3.72. The van der Waals surface area contributed by atoms with Gasteiger partial charge in [0.25, 0.3) is 5.95 Å². The van der Waals surface area contributed by atoms with Crippen molar-refractivity contribution < 1.29 is 0 Å². The Balaban J connectivity index is 1.81. The molecule has 1 fully saturated rings. The normalized spacial score (nSPS) is 15.7. The molecule has 112 valence electrons. The van der Waals surface area contributed by atoms with Crippen LogP contribution in [0.15, 0.2) is 18.5 Å². The van der Waals surface area contributed by atoms with E-state index in [2.05, 4.69) is 44.5 Å². The summed E-state index contributed by atoms with van der Waals surface area (Å²) < 4.78 is 1.64. The zero-order valence-corrected chi connectivity index (χ0v) is 12.5. The summed E-state index contributed by atoms with van der Waals surface area (Å²) in [6.45, 7) is 6.10. The van der Waals surface area contributed by atoms with Gasteiger partial charge in [0, 0.05) is 25.5 Å². The lowest BCUT2D eigenvalue weighted by atomic mass is 10.1. The summed E-state index contributed by atoms with van der Waals surface area (Å²) in [5.41, 5.74) is 0.398. The molecule has 7 nitrogen and oxygen atoms in total. The second-order valence-corrected chi connectivity index (χ2v) is 5.82. The lowest BCUT2D eigenvalue weighted by Crippen LogP contribution is -2.17. The average molecular weight is 287 g/mol. The van der Waals surface area contributed by atoms with Crippen LogP contribution < -0.4 is 10.6 Å². The molecule has 2 heterocycles. The van der Waals surface area contributed by atoms with Gasteiger partial charge >= 0.3 is 0 Å². The van der Waals surface area contributed by atoms with Crippen LogP contribution in [0, 0.1) is 5.41 Å². The van der Waals surface area contributed by atoms with Crippen molar-refractivity contribution in [3.05, 3.63) is 18.5 Å². The minimum Gasteiger partial charge on any atom is -0.354 e. The van der Waals surface area contributed by atoms with Gasteiger partial charge in [-0.2, -0.15) is 20.1 Å². The minimum absolute atomic E-state index is 0.398. The van der Waals surface area contributed by atoms with Gasteiger partial charge in [0.15, 0.2) is 0 Å². The Labute approximate surface area is 124 Å². The molecule has 1 aliphatic carbocycles. The molecule has 2 aromatic heterocycles. The molecule has 1 saturated carbocycles. The Morgan fingerprint density at radius 2 is 1.95 bits per heavy atom. The van der Waals surface area contributed by atoms with Crippen LogP contribution in [-0.2, 0) is 0 Å². The predicted octanol–water partition coefficient (Wildman–Crippen LogP) is 2.09. The van der Waals surface area contributed by atoms with E-state index in [-0.39, 0.29) is 0 Å². The van der Waals surface area contributed by atoms with Crippen molar-refractivity contribution in [3.8, 4) is 5.95 Å². The summed E-state index contributed by atoms with van der Waals surface area (Å²) in [6.07, 6.45) is 7.08. The van der Waals surface area contributed by atoms with Crippen LogP contribution in [-0.4, -0.2) is 37.8 Å². The maximum absolute atomic E-state index is 4.44. The topological polar surface area (TPSA) is 80.5 Å². The third-order valence-electron chi connectivity index (χ3n) is 3.64. The van der Waals surface area contributed by atoms with Gasteiger partial charge < -0.3 is 10.6 Å². The fourth-order valence-electron chi connectivity index (χ4n) is 1.93. The predicted molar refractivity (Wildman–Crippen MR) is 81.6 cm³/mol. The third kappa shape index (κ3) is 3.48. The van der Waals surface area contributed by atoms with E-state index >= 15 is 0 Å². The molecule has 2 N–H and O–H groups in total. The third-order valence-corrected chi connectivity index (χ3v) is 3.64. The van der Waals surface area contributed by atoms with E-state index in [1.54, 1.807) is 10.9 Å². The summed E-state index contributed by atoms with van der Waals surface area (Å²) in [4.78, 5) is 13.3. The van der Waals surface area contributed by atoms with Gasteiger partial charge in [-0.3, -0.25) is 0 Å². The van der Waals surface area contributed by atoms with E-state index in [1.165, 1.54) is 12.8 Å². The van der Waals surface area contributed by atoms with Crippen LogP contribution >= 0.6 is 0 Å². The maximum Gasteiger partial charge on any atom is 0.257 e. The molecular formula is C14H21N7. The Hall–Kier alpha value is -2.18. The zero-order chi connectivity index (χ0) is 14.7. The molecule has 7 heteroatoms. The van der Waals surface area contributed by atoms with Crippen LogP contribution in [0.1, 0.15) is 33.1 Å². The van der Waals surface area contributed by atoms with Crippen LogP contribution in [0.25, 0.3) is 5.95 Å². The van der Waals surface area contributed by atoms with Gasteiger partial charge in [-0.05, 0) is 30.7 Å². The number of anilines is 2. The Morgan fingerprint density at radius 3 is 2.57 bits per heavy atom. The van der Waals surface area contributed by atoms with E-state index in [9.17, 15) is 0 Å². The lowest BCUT2D eigenvalue weighted by Gasteiger charge is -2.12. The van der Waals surface area contributed by atoms with Crippen molar-refractivity contribution in [2.45, 2.75) is 33.1 Å². The SMILES string of the molecule is CCCNc1nc(NCC2(C)CC2)nc(-n2cccn2)n1. The number of hydrogen-bond acceptors (Lipinski definition) is 6. The molecule has 0 aromatic carbocycles. The number of hydrogen-bond donors (Lipinski definition) is 2. The van der Waals surface area contributed by atoms with E-state index in [1.807, 2.05) is 12.3 Å². The quantitative estimate of drug-likeness (QED) is 0.811. The standard InChI is InChI=1S/C14H21N7/c1-3-7-15-11-18-12(16-10-14(2)5-6-14)20-13(19-11)21-9-4-8-17-21/h4,8-9H,3,5-7,10H2,1-2H3,(H2,15,16,18,19,20). The van der Waals surface area contributed by atoms with Crippen molar-refractivity contribution in [2.24, 2.45) is 5.41 Å². The van der Waals surface area contributed by atoms with Crippen molar-refractivity contribution in [1.82, 2.24) is 24.7 Å². The number of rotatable bonds is 7. The Bertz CT molecular complexity index is 589. The molecule has 0 bridgehead atoms. The highest BCUT2D eigenvalue weighted by Gasteiger charge is 2.37. The fourth-order valence-corrected chi connectivity index (χ4v) is 1.93. The van der Waals surface area contributed by atoms with Gasteiger partial charge in [-0.25, -0.2) is 4.68 Å². The summed E-state index contributed by atoms with van der Waals surface area (Å²) >= 11 is 0. The minimum atomic E-state index is 0.398. The smallest absolute Gasteiger partial charge is 0.257 e. The molecule has 1 aliphatic rings. The average Bonchev–Trinajstić information content (AvgIpc) is 3.01. The number of nitrogens with zero attached hydrogens (tertiary/aromatic N) is 5. The summed E-state index contributed by atoms with van der Waals surface area (Å²) in [5.74, 6) is 1.71. The van der Waals surface area contributed by atoms with Crippen LogP contribution in [0.4, 0.5) is 11.9 Å². The van der Waals surface area contributed by atoms with Gasteiger partial charge in [0.05, 0.1) is 0 Å². The first-order valence-corrected chi connectivity index (χ1v) is 7.42. The van der Waals surface area contributed by atoms with Gasteiger partial charge in [-0.15, -0.1) is 0 Å². The number of aromatic nitrogens is 5. The maximum atomic E-state index is 4.44. The van der Waals surface area contributed by atoms with Crippen LogP contribution in [0.5, 0.6) is 0 Å². The van der Waals surface area contributed by atoms with Gasteiger partial charge in [0.1, 0.15) is 0 Å². The summed E-state index contributed by atoms with van der Waals surface area (Å²) in [6, 6.07) is 1.85. The van der Waals surface area contributed by atoms with E-state index in [0.717, 1.165) is 19.5 Å². The highest BCUT2D eigenvalue weighted by Crippen LogP contribution is 2.44. The first-order valence-electron chi connectivity index (χ1n) is 7.42. The summed E-state index contributed by atoms with van der Waals surface area (Å²) in [5, 5.41) is 10.7. The molecule has 0 amide bonds. The highest BCUT2D eigenvalue weighted by molar-refractivity contribution is 5.38. The molecule has 0 spiro atoms. The lowest BCUT2D eigenvalue weighted by molar-refractivity contribution is 0.607. The number of nitrogens with one attached hydrogen (secondary N) is 2. The largest absolute Gasteiger partial charge is 0.354 e. The first-order chi connectivity index (χ1) is 10.2. The van der Waals surface area contributed by atoms with E-state index in [0.29, 0.717) is 23.3 Å². The van der Waals surface area contributed by atoms with E-state index in [4.69, 9.17) is 0 Å². The zero-order valence-electron chi connectivity index (χ0n) is 12.5. The van der Waals surface area contributed by atoms with Crippen LogP contribution in [0.3, 0.4) is 0 Å². The van der Waals surface area contributed by atoms with Crippen molar-refractivity contribution in [2.75, 3.05) is 23.7 Å². The molecule has 0 aliphatic heterocycles. The van der Waals surface area contributed by atoms with E-state index < -0.39 is 0 Å². The fraction of sp³-hybridized carbons (Fsp3) is 0.571. The second kappa shape index (κ2) is 5.67. The molecule has 0 saturated heterocycles. The first kappa shape index (κ1) is 13.8.